The van der Waals surface area contributed by atoms with Gasteiger partial charge in [-0.15, -0.1) is 5.10 Å². The van der Waals surface area contributed by atoms with Gasteiger partial charge in [0.1, 0.15) is 5.75 Å². The van der Waals surface area contributed by atoms with E-state index in [2.05, 4.69) is 22.4 Å². The molecule has 0 aromatic heterocycles. The Balaban J connectivity index is 2.69. The molecule has 0 aliphatic carbocycles. The Hall–Kier alpha value is -1.84. The van der Waals surface area contributed by atoms with Crippen molar-refractivity contribution in [3.8, 4) is 5.75 Å². The van der Waals surface area contributed by atoms with Crippen molar-refractivity contribution in [2.75, 3.05) is 11.9 Å². The van der Waals surface area contributed by atoms with E-state index in [1.807, 2.05) is 38.1 Å². The van der Waals surface area contributed by atoms with E-state index in [1.54, 1.807) is 6.92 Å². The Morgan fingerprint density at radius 2 is 2.00 bits per heavy atom. The molecule has 1 aromatic carbocycles. The third kappa shape index (κ3) is 4.99. The minimum atomic E-state index is 0.538. The van der Waals surface area contributed by atoms with E-state index < -0.39 is 0 Å². The number of nitrogens with one attached hydrogen (secondary N) is 1. The molecule has 1 N–H and O–H groups in total. The van der Waals surface area contributed by atoms with Crippen LogP contribution in [0.15, 0.2) is 34.5 Å². The van der Waals surface area contributed by atoms with Crippen molar-refractivity contribution < 1.29 is 4.74 Å². The highest BCUT2D eigenvalue weighted by Crippen LogP contribution is 2.17. The van der Waals surface area contributed by atoms with E-state index in [0.717, 1.165) is 30.1 Å². The summed E-state index contributed by atoms with van der Waals surface area (Å²) in [6.07, 6.45) is 0.896. The van der Waals surface area contributed by atoms with Gasteiger partial charge >= 0.3 is 0 Å². The van der Waals surface area contributed by atoms with E-state index in [1.165, 1.54) is 0 Å². The molecule has 4 nitrogen and oxygen atoms in total. The van der Waals surface area contributed by atoms with Gasteiger partial charge in [-0.25, -0.2) is 0 Å². The number of ether oxygens (including phenoxy) is 1. The zero-order valence-corrected chi connectivity index (χ0v) is 11.5. The third-order valence-electron chi connectivity index (χ3n) is 2.35. The van der Waals surface area contributed by atoms with Gasteiger partial charge in [0, 0.05) is 30.9 Å². The molecule has 98 valence electrons. The van der Waals surface area contributed by atoms with Gasteiger partial charge in [-0.1, -0.05) is 13.0 Å². The SMILES string of the molecule is CCNc1cccc(O/C(C)=N/N=C(\C)CC)c1. The van der Waals surface area contributed by atoms with Crippen molar-refractivity contribution in [1.29, 1.82) is 0 Å². The molecule has 4 heteroatoms. The van der Waals surface area contributed by atoms with Crippen LogP contribution in [0.4, 0.5) is 5.69 Å². The third-order valence-corrected chi connectivity index (χ3v) is 2.35. The van der Waals surface area contributed by atoms with Crippen LogP contribution in [0.25, 0.3) is 0 Å². The lowest BCUT2D eigenvalue weighted by Gasteiger charge is -2.07. The molecule has 0 amide bonds. The maximum atomic E-state index is 5.60. The standard InChI is InChI=1S/C14H21N3O/c1-5-11(3)16-17-12(4)18-14-9-7-8-13(10-14)15-6-2/h7-10,15H,5-6H2,1-4H3/b16-11+,17-12+. The Labute approximate surface area is 109 Å². The second-order valence-electron chi connectivity index (χ2n) is 3.97. The molecule has 0 aliphatic rings. The van der Waals surface area contributed by atoms with Crippen molar-refractivity contribution in [3.63, 3.8) is 0 Å². The van der Waals surface area contributed by atoms with Gasteiger partial charge in [-0.2, -0.15) is 5.10 Å². The Morgan fingerprint density at radius 3 is 2.67 bits per heavy atom. The normalized spacial score (nSPS) is 12.4. The topological polar surface area (TPSA) is 46.0 Å². The van der Waals surface area contributed by atoms with Gasteiger partial charge in [0.2, 0.25) is 5.90 Å². The Kier molecular flexibility index (Phi) is 5.91. The number of rotatable bonds is 5. The summed E-state index contributed by atoms with van der Waals surface area (Å²) < 4.78 is 5.60. The molecule has 0 radical (unpaired) electrons. The molecule has 0 fully saturated rings. The Bertz CT molecular complexity index is 438. The lowest BCUT2D eigenvalue weighted by Crippen LogP contribution is -2.03. The first-order valence-electron chi connectivity index (χ1n) is 6.25. The van der Waals surface area contributed by atoms with Crippen molar-refractivity contribution in [3.05, 3.63) is 24.3 Å². The molecule has 0 spiro atoms. The molecule has 18 heavy (non-hydrogen) atoms. The lowest BCUT2D eigenvalue weighted by molar-refractivity contribution is 0.544. The van der Waals surface area contributed by atoms with Gasteiger partial charge in [-0.05, 0) is 32.4 Å². The molecule has 0 heterocycles. The predicted octanol–water partition coefficient (Wildman–Crippen LogP) is 3.70. The fourth-order valence-corrected chi connectivity index (χ4v) is 1.29. The van der Waals surface area contributed by atoms with E-state index in [4.69, 9.17) is 4.74 Å². The molecule has 1 rings (SSSR count). The summed E-state index contributed by atoms with van der Waals surface area (Å²) in [5, 5.41) is 11.3. The lowest BCUT2D eigenvalue weighted by atomic mass is 10.3. The van der Waals surface area contributed by atoms with Crippen LogP contribution in [-0.2, 0) is 0 Å². The van der Waals surface area contributed by atoms with E-state index in [-0.39, 0.29) is 0 Å². The largest absolute Gasteiger partial charge is 0.442 e. The van der Waals surface area contributed by atoms with E-state index in [0.29, 0.717) is 5.90 Å². The quantitative estimate of drug-likeness (QED) is 0.490. The molecule has 0 saturated heterocycles. The maximum absolute atomic E-state index is 5.60. The number of hydrogen-bond acceptors (Lipinski definition) is 4. The molecule has 1 aromatic rings. The minimum Gasteiger partial charge on any atom is -0.442 e. The summed E-state index contributed by atoms with van der Waals surface area (Å²) in [6, 6.07) is 7.79. The van der Waals surface area contributed by atoms with Crippen LogP contribution >= 0.6 is 0 Å². The summed E-state index contributed by atoms with van der Waals surface area (Å²) in [5.74, 6) is 1.30. The van der Waals surface area contributed by atoms with E-state index >= 15 is 0 Å². The van der Waals surface area contributed by atoms with Gasteiger partial charge in [0.05, 0.1) is 0 Å². The first-order chi connectivity index (χ1) is 8.65. The highest BCUT2D eigenvalue weighted by Gasteiger charge is 1.98. The van der Waals surface area contributed by atoms with Crippen molar-refractivity contribution in [1.82, 2.24) is 0 Å². The van der Waals surface area contributed by atoms with Crippen molar-refractivity contribution in [2.45, 2.75) is 34.1 Å². The first kappa shape index (κ1) is 14.2. The number of nitrogens with zero attached hydrogens (tertiary/aromatic N) is 2. The summed E-state index contributed by atoms with van der Waals surface area (Å²) >= 11 is 0. The van der Waals surface area contributed by atoms with Crippen LogP contribution in [0, 0.1) is 0 Å². The summed E-state index contributed by atoms with van der Waals surface area (Å²) in [7, 11) is 0. The number of anilines is 1. The average molecular weight is 247 g/mol. The molecule has 0 atom stereocenters. The van der Waals surface area contributed by atoms with Crippen LogP contribution in [0.2, 0.25) is 0 Å². The fraction of sp³-hybridized carbons (Fsp3) is 0.429. The van der Waals surface area contributed by atoms with Crippen LogP contribution < -0.4 is 10.1 Å². The number of hydrogen-bond donors (Lipinski definition) is 1. The summed E-state index contributed by atoms with van der Waals surface area (Å²) in [6.45, 7) is 8.73. The van der Waals surface area contributed by atoms with Gasteiger partial charge in [0.15, 0.2) is 0 Å². The van der Waals surface area contributed by atoms with Crippen LogP contribution in [-0.4, -0.2) is 18.2 Å². The summed E-state index contributed by atoms with van der Waals surface area (Å²) in [4.78, 5) is 0. The average Bonchev–Trinajstić information content (AvgIpc) is 2.37. The molecule has 0 bridgehead atoms. The minimum absolute atomic E-state index is 0.538. The highest BCUT2D eigenvalue weighted by atomic mass is 16.5. The predicted molar refractivity (Wildman–Crippen MR) is 77.7 cm³/mol. The van der Waals surface area contributed by atoms with Crippen LogP contribution in [0.3, 0.4) is 0 Å². The molecule has 0 saturated carbocycles. The maximum Gasteiger partial charge on any atom is 0.211 e. The number of benzene rings is 1. The monoisotopic (exact) mass is 247 g/mol. The van der Waals surface area contributed by atoms with E-state index in [9.17, 15) is 0 Å². The van der Waals surface area contributed by atoms with Crippen molar-refractivity contribution in [2.24, 2.45) is 10.2 Å². The fourth-order valence-electron chi connectivity index (χ4n) is 1.29. The highest BCUT2D eigenvalue weighted by molar-refractivity contribution is 5.83. The van der Waals surface area contributed by atoms with Gasteiger partial charge < -0.3 is 10.1 Å². The van der Waals surface area contributed by atoms with Crippen LogP contribution in [0.5, 0.6) is 5.75 Å². The second-order valence-corrected chi connectivity index (χ2v) is 3.97. The summed E-state index contributed by atoms with van der Waals surface area (Å²) in [5.41, 5.74) is 2.02. The molecule has 0 unspecified atom stereocenters. The smallest absolute Gasteiger partial charge is 0.211 e. The van der Waals surface area contributed by atoms with Gasteiger partial charge in [0.25, 0.3) is 0 Å². The zero-order chi connectivity index (χ0) is 13.4. The van der Waals surface area contributed by atoms with Crippen LogP contribution in [0.1, 0.15) is 34.1 Å². The van der Waals surface area contributed by atoms with Gasteiger partial charge in [-0.3, -0.25) is 0 Å². The molecule has 0 aliphatic heterocycles. The Morgan fingerprint density at radius 1 is 1.22 bits per heavy atom. The zero-order valence-electron chi connectivity index (χ0n) is 11.5. The first-order valence-corrected chi connectivity index (χ1v) is 6.25. The molecular weight excluding hydrogens is 226 g/mol. The molecular formula is C14H21N3O. The second kappa shape index (κ2) is 7.48. The van der Waals surface area contributed by atoms with Crippen molar-refractivity contribution >= 4 is 17.3 Å².